The van der Waals surface area contributed by atoms with Gasteiger partial charge in [0.2, 0.25) is 11.7 Å². The van der Waals surface area contributed by atoms with Crippen molar-refractivity contribution in [2.75, 3.05) is 7.11 Å². The van der Waals surface area contributed by atoms with Crippen LogP contribution in [0.3, 0.4) is 0 Å². The zero-order chi connectivity index (χ0) is 24.9. The van der Waals surface area contributed by atoms with Crippen LogP contribution in [0.4, 0.5) is 0 Å². The highest BCUT2D eigenvalue weighted by atomic mass is 16.5. The molecule has 2 aromatic heterocycles. The maximum Gasteiger partial charge on any atom is 0.223 e. The van der Waals surface area contributed by atoms with Crippen LogP contribution in [0, 0.1) is 25.7 Å². The molecule has 1 fully saturated rings. The summed E-state index contributed by atoms with van der Waals surface area (Å²) in [5.41, 5.74) is 3.66. The maximum absolute atomic E-state index is 6.33. The molecule has 5 rings (SSSR count). The molecule has 2 heterocycles. The van der Waals surface area contributed by atoms with Crippen molar-refractivity contribution >= 4 is 0 Å². The zero-order valence-electron chi connectivity index (χ0n) is 20.8. The summed E-state index contributed by atoms with van der Waals surface area (Å²) in [5, 5.41) is 3.98. The second-order valence-corrected chi connectivity index (χ2v) is 9.06. The number of aromatic nitrogens is 3. The number of ether oxygens (including phenoxy) is 2. The molecular weight excluding hydrogens is 454 g/mol. The van der Waals surface area contributed by atoms with Gasteiger partial charge >= 0.3 is 0 Å². The maximum atomic E-state index is 6.33. The van der Waals surface area contributed by atoms with E-state index in [1.807, 2.05) is 49.4 Å². The number of nitrogens with zero attached hydrogens (tertiary/aromatic N) is 3. The molecule has 0 aliphatic heterocycles. The highest BCUT2D eigenvalue weighted by Crippen LogP contribution is 2.35. The Hall–Kier alpha value is -4.05. The van der Waals surface area contributed by atoms with E-state index in [2.05, 4.69) is 27.0 Å². The van der Waals surface area contributed by atoms with E-state index < -0.39 is 0 Å². The summed E-state index contributed by atoms with van der Waals surface area (Å²) in [4.78, 5) is 8.78. The molecular formula is C29H29N3O4. The standard InChI is InChI=1S/C29H29N3O4/c1-19-18-34-28(30-19)17-24(13-10-21-8-11-22(12-9-21)29-31-20(2)36-32-29)23-14-15-26(33-3)27(16-23)35-25-6-4-5-7-25/h8-9,11-12,14-16,18,24-25H,4-7,17H2,1-3H3. The summed E-state index contributed by atoms with van der Waals surface area (Å²) >= 11 is 0. The van der Waals surface area contributed by atoms with Gasteiger partial charge in [0.1, 0.15) is 6.26 Å². The van der Waals surface area contributed by atoms with Crippen LogP contribution in [-0.2, 0) is 6.42 Å². The Morgan fingerprint density at radius 1 is 1.03 bits per heavy atom. The Kier molecular flexibility index (Phi) is 7.03. The number of rotatable bonds is 7. The van der Waals surface area contributed by atoms with Gasteiger partial charge < -0.3 is 18.4 Å². The first-order valence-corrected chi connectivity index (χ1v) is 12.3. The fourth-order valence-electron chi connectivity index (χ4n) is 4.40. The van der Waals surface area contributed by atoms with Gasteiger partial charge in [-0.2, -0.15) is 4.98 Å². The Balaban J connectivity index is 1.43. The molecule has 0 saturated heterocycles. The van der Waals surface area contributed by atoms with Crippen LogP contribution in [0.1, 0.15) is 60.2 Å². The third-order valence-corrected chi connectivity index (χ3v) is 6.29. The van der Waals surface area contributed by atoms with Crippen molar-refractivity contribution in [3.63, 3.8) is 0 Å². The highest BCUT2D eigenvalue weighted by Gasteiger charge is 2.21. The quantitative estimate of drug-likeness (QED) is 0.296. The summed E-state index contributed by atoms with van der Waals surface area (Å²) in [5.74, 6) is 9.87. The molecule has 2 aromatic carbocycles. The normalized spacial score (nSPS) is 14.3. The first kappa shape index (κ1) is 23.7. The second kappa shape index (κ2) is 10.7. The van der Waals surface area contributed by atoms with Crippen LogP contribution < -0.4 is 9.47 Å². The van der Waals surface area contributed by atoms with E-state index in [0.29, 0.717) is 24.0 Å². The molecule has 1 atom stereocenters. The molecule has 0 radical (unpaired) electrons. The minimum Gasteiger partial charge on any atom is -0.493 e. The topological polar surface area (TPSA) is 83.4 Å². The summed E-state index contributed by atoms with van der Waals surface area (Å²) in [6.45, 7) is 3.69. The van der Waals surface area contributed by atoms with Crippen LogP contribution in [0.5, 0.6) is 11.5 Å². The van der Waals surface area contributed by atoms with Gasteiger partial charge in [-0.05, 0) is 74.6 Å². The van der Waals surface area contributed by atoms with Gasteiger partial charge in [-0.15, -0.1) is 0 Å². The molecule has 1 aliphatic carbocycles. The van der Waals surface area contributed by atoms with E-state index in [1.165, 1.54) is 12.8 Å². The average Bonchev–Trinajstić information content (AvgIpc) is 3.65. The Bertz CT molecular complexity index is 1370. The van der Waals surface area contributed by atoms with Gasteiger partial charge in [0, 0.05) is 24.5 Å². The van der Waals surface area contributed by atoms with Gasteiger partial charge in [0.05, 0.1) is 24.8 Å². The lowest BCUT2D eigenvalue weighted by atomic mass is 9.95. The summed E-state index contributed by atoms with van der Waals surface area (Å²) in [6.07, 6.45) is 7.01. The van der Waals surface area contributed by atoms with E-state index in [1.54, 1.807) is 20.3 Å². The number of hydrogen-bond acceptors (Lipinski definition) is 7. The summed E-state index contributed by atoms with van der Waals surface area (Å²) < 4.78 is 22.7. The molecule has 7 heteroatoms. The number of methoxy groups -OCH3 is 1. The van der Waals surface area contributed by atoms with Crippen molar-refractivity contribution in [1.82, 2.24) is 15.1 Å². The molecule has 1 unspecified atom stereocenters. The fraction of sp³-hybridized carbons (Fsp3) is 0.345. The van der Waals surface area contributed by atoms with E-state index in [-0.39, 0.29) is 12.0 Å². The van der Waals surface area contributed by atoms with Crippen LogP contribution in [0.2, 0.25) is 0 Å². The van der Waals surface area contributed by atoms with Gasteiger partial charge in [-0.1, -0.05) is 23.1 Å². The number of benzene rings is 2. The van der Waals surface area contributed by atoms with Crippen LogP contribution >= 0.6 is 0 Å². The van der Waals surface area contributed by atoms with Crippen molar-refractivity contribution in [3.8, 4) is 34.7 Å². The van der Waals surface area contributed by atoms with Crippen molar-refractivity contribution in [3.05, 3.63) is 77.3 Å². The minimum atomic E-state index is -0.139. The lowest BCUT2D eigenvalue weighted by Crippen LogP contribution is -2.12. The third-order valence-electron chi connectivity index (χ3n) is 6.29. The van der Waals surface area contributed by atoms with Crippen LogP contribution in [0.15, 0.2) is 57.7 Å². The van der Waals surface area contributed by atoms with Gasteiger partial charge in [-0.25, -0.2) is 4.98 Å². The second-order valence-electron chi connectivity index (χ2n) is 9.06. The molecule has 0 amide bonds. The lowest BCUT2D eigenvalue weighted by Gasteiger charge is -2.18. The minimum absolute atomic E-state index is 0.139. The molecule has 7 nitrogen and oxygen atoms in total. The highest BCUT2D eigenvalue weighted by molar-refractivity contribution is 5.56. The molecule has 4 aromatic rings. The first-order chi connectivity index (χ1) is 17.6. The van der Waals surface area contributed by atoms with E-state index in [9.17, 15) is 0 Å². The van der Waals surface area contributed by atoms with Gasteiger partial charge in [-0.3, -0.25) is 0 Å². The van der Waals surface area contributed by atoms with Crippen molar-refractivity contribution < 1.29 is 18.4 Å². The van der Waals surface area contributed by atoms with Crippen LogP contribution in [-0.4, -0.2) is 28.3 Å². The van der Waals surface area contributed by atoms with Crippen molar-refractivity contribution in [1.29, 1.82) is 0 Å². The largest absolute Gasteiger partial charge is 0.493 e. The summed E-state index contributed by atoms with van der Waals surface area (Å²) in [6, 6.07) is 13.9. The van der Waals surface area contributed by atoms with Crippen molar-refractivity contribution in [2.45, 2.75) is 58.0 Å². The lowest BCUT2D eigenvalue weighted by molar-refractivity contribution is 0.200. The summed E-state index contributed by atoms with van der Waals surface area (Å²) in [7, 11) is 1.67. The molecule has 0 spiro atoms. The molecule has 0 N–H and O–H groups in total. The van der Waals surface area contributed by atoms with Gasteiger partial charge in [0.25, 0.3) is 0 Å². The van der Waals surface area contributed by atoms with E-state index >= 15 is 0 Å². The van der Waals surface area contributed by atoms with Gasteiger partial charge in [0.15, 0.2) is 17.4 Å². The number of oxazole rings is 1. The monoisotopic (exact) mass is 483 g/mol. The fourth-order valence-corrected chi connectivity index (χ4v) is 4.40. The Labute approximate surface area is 210 Å². The predicted molar refractivity (Wildman–Crippen MR) is 135 cm³/mol. The van der Waals surface area contributed by atoms with E-state index in [0.717, 1.165) is 46.7 Å². The molecule has 0 bridgehead atoms. The Morgan fingerprint density at radius 3 is 2.50 bits per heavy atom. The smallest absolute Gasteiger partial charge is 0.223 e. The van der Waals surface area contributed by atoms with Crippen LogP contribution in [0.25, 0.3) is 11.4 Å². The van der Waals surface area contributed by atoms with E-state index in [4.69, 9.17) is 18.4 Å². The molecule has 1 aliphatic rings. The number of hydrogen-bond donors (Lipinski definition) is 0. The first-order valence-electron chi connectivity index (χ1n) is 12.3. The zero-order valence-corrected chi connectivity index (χ0v) is 20.8. The number of aryl methyl sites for hydroxylation is 2. The molecule has 1 saturated carbocycles. The third kappa shape index (κ3) is 5.60. The predicted octanol–water partition coefficient (Wildman–Crippen LogP) is 6.05. The molecule has 184 valence electrons. The SMILES string of the molecule is COc1ccc(C(C#Cc2ccc(-c3noc(C)n3)cc2)Cc2nc(C)co2)cc1OC1CCCC1. The average molecular weight is 484 g/mol. The van der Waals surface area contributed by atoms with Crippen molar-refractivity contribution in [2.24, 2.45) is 0 Å². The molecule has 36 heavy (non-hydrogen) atoms. The Morgan fingerprint density at radius 2 is 1.83 bits per heavy atom.